The zero-order valence-electron chi connectivity index (χ0n) is 11.8. The predicted octanol–water partition coefficient (Wildman–Crippen LogP) is 2.31. The van der Waals surface area contributed by atoms with Gasteiger partial charge in [-0.15, -0.1) is 0 Å². The van der Waals surface area contributed by atoms with E-state index < -0.39 is 0 Å². The maximum absolute atomic E-state index is 10.7. The zero-order chi connectivity index (χ0) is 14.8. The lowest BCUT2D eigenvalue weighted by atomic mass is 9.66. The van der Waals surface area contributed by atoms with Gasteiger partial charge in [-0.05, 0) is 24.5 Å². The Kier molecular flexibility index (Phi) is 2.90. The van der Waals surface area contributed by atoms with Crippen molar-refractivity contribution in [3.63, 3.8) is 0 Å². The minimum absolute atomic E-state index is 0.200. The van der Waals surface area contributed by atoms with Gasteiger partial charge in [0, 0.05) is 34.6 Å². The third-order valence-corrected chi connectivity index (χ3v) is 6.00. The Bertz CT molecular complexity index is 645. The van der Waals surface area contributed by atoms with Crippen LogP contribution >= 0.6 is 15.9 Å². The van der Waals surface area contributed by atoms with Crippen molar-refractivity contribution in [2.24, 2.45) is 0 Å². The maximum Gasteiger partial charge on any atom is 0.162 e. The van der Waals surface area contributed by atoms with E-state index >= 15 is 0 Å². The number of aliphatic hydroxyl groups excluding tert-OH is 1. The number of hydrogen-bond donors (Lipinski definition) is 2. The lowest BCUT2D eigenvalue weighted by Crippen LogP contribution is -2.49. The highest BCUT2D eigenvalue weighted by atomic mass is 79.9. The summed E-state index contributed by atoms with van der Waals surface area (Å²) in [6.45, 7) is 1.80. The number of aromatic hydroxyl groups is 1. The molecule has 0 spiro atoms. The van der Waals surface area contributed by atoms with Crippen molar-refractivity contribution in [2.75, 3.05) is 13.7 Å². The smallest absolute Gasteiger partial charge is 0.162 e. The summed E-state index contributed by atoms with van der Waals surface area (Å²) in [6.07, 6.45) is 5.30. The van der Waals surface area contributed by atoms with Crippen molar-refractivity contribution in [1.29, 1.82) is 0 Å². The van der Waals surface area contributed by atoms with Crippen molar-refractivity contribution in [1.82, 2.24) is 4.90 Å². The molecule has 4 rings (SSSR count). The first-order chi connectivity index (χ1) is 10.1. The van der Waals surface area contributed by atoms with Crippen LogP contribution in [-0.4, -0.2) is 40.9 Å². The molecule has 21 heavy (non-hydrogen) atoms. The van der Waals surface area contributed by atoms with Gasteiger partial charge in [-0.25, -0.2) is 0 Å². The van der Waals surface area contributed by atoms with E-state index in [-0.39, 0.29) is 23.3 Å². The molecule has 1 aromatic rings. The van der Waals surface area contributed by atoms with E-state index in [4.69, 9.17) is 4.74 Å². The molecule has 1 fully saturated rings. The first-order valence-corrected chi connectivity index (χ1v) is 8.06. The average molecular weight is 352 g/mol. The number of halogens is 1. The molecule has 4 atom stereocenters. The molecule has 0 aromatic heterocycles. The molecule has 2 N–H and O–H groups in total. The SMILES string of the molecule is COc1cc(Br)c2c(c1O)[C@]13C=C[C@@H](O)C[C@H]1N(CC3)C2. The minimum Gasteiger partial charge on any atom is -0.504 e. The molecule has 2 bridgehead atoms. The van der Waals surface area contributed by atoms with Crippen LogP contribution in [0.15, 0.2) is 22.7 Å². The average Bonchev–Trinajstić information content (AvgIpc) is 2.72. The summed E-state index contributed by atoms with van der Waals surface area (Å²) >= 11 is 3.62. The van der Waals surface area contributed by atoms with E-state index in [0.29, 0.717) is 5.75 Å². The van der Waals surface area contributed by atoms with Crippen LogP contribution in [0.25, 0.3) is 0 Å². The molecule has 0 amide bonds. The van der Waals surface area contributed by atoms with Crippen LogP contribution in [-0.2, 0) is 12.0 Å². The van der Waals surface area contributed by atoms with Crippen molar-refractivity contribution in [2.45, 2.75) is 36.9 Å². The summed E-state index contributed by atoms with van der Waals surface area (Å²) in [4.78, 5) is 2.42. The molecule has 2 heterocycles. The molecule has 1 aromatic carbocycles. The Morgan fingerprint density at radius 3 is 3.05 bits per heavy atom. The normalized spacial score (nSPS) is 36.2. The van der Waals surface area contributed by atoms with Crippen LogP contribution in [0.3, 0.4) is 0 Å². The predicted molar refractivity (Wildman–Crippen MR) is 82.6 cm³/mol. The second-order valence-electron chi connectivity index (χ2n) is 6.20. The largest absolute Gasteiger partial charge is 0.504 e. The summed E-state index contributed by atoms with van der Waals surface area (Å²) in [6, 6.07) is 2.10. The number of phenols is 1. The lowest BCUT2D eigenvalue weighted by Gasteiger charge is -2.45. The number of ether oxygens (including phenoxy) is 1. The Hall–Kier alpha value is -1.04. The van der Waals surface area contributed by atoms with E-state index in [2.05, 4.69) is 26.9 Å². The topological polar surface area (TPSA) is 52.9 Å². The van der Waals surface area contributed by atoms with E-state index in [1.54, 1.807) is 7.11 Å². The third kappa shape index (κ3) is 1.68. The van der Waals surface area contributed by atoms with Crippen LogP contribution in [0.4, 0.5) is 0 Å². The Morgan fingerprint density at radius 1 is 1.48 bits per heavy atom. The molecule has 1 unspecified atom stereocenters. The second kappa shape index (κ2) is 4.48. The lowest BCUT2D eigenvalue weighted by molar-refractivity contribution is 0.109. The molecule has 2 aliphatic heterocycles. The number of rotatable bonds is 1. The molecule has 3 aliphatic rings. The summed E-state index contributed by atoms with van der Waals surface area (Å²) < 4.78 is 6.31. The molecular formula is C16H18BrNO3. The van der Waals surface area contributed by atoms with Gasteiger partial charge in [0.15, 0.2) is 11.5 Å². The molecular weight excluding hydrogens is 334 g/mol. The summed E-state index contributed by atoms with van der Waals surface area (Å²) in [5, 5.41) is 20.7. The number of hydrogen-bond acceptors (Lipinski definition) is 4. The maximum atomic E-state index is 10.7. The van der Waals surface area contributed by atoms with Gasteiger partial charge in [-0.3, -0.25) is 4.90 Å². The summed E-state index contributed by atoms with van der Waals surface area (Å²) in [5.41, 5.74) is 1.92. The first-order valence-electron chi connectivity index (χ1n) is 7.27. The van der Waals surface area contributed by atoms with Gasteiger partial charge in [-0.1, -0.05) is 28.1 Å². The van der Waals surface area contributed by atoms with Crippen LogP contribution in [0.2, 0.25) is 0 Å². The van der Waals surface area contributed by atoms with Crippen molar-refractivity contribution >= 4 is 15.9 Å². The zero-order valence-corrected chi connectivity index (χ0v) is 13.4. The first kappa shape index (κ1) is 13.6. The van der Waals surface area contributed by atoms with Crippen LogP contribution in [0, 0.1) is 0 Å². The van der Waals surface area contributed by atoms with Crippen molar-refractivity contribution in [3.8, 4) is 11.5 Å². The number of methoxy groups -OCH3 is 1. The monoisotopic (exact) mass is 351 g/mol. The quantitative estimate of drug-likeness (QED) is 0.762. The van der Waals surface area contributed by atoms with Crippen molar-refractivity contribution < 1.29 is 14.9 Å². The second-order valence-corrected chi connectivity index (χ2v) is 7.06. The van der Waals surface area contributed by atoms with Gasteiger partial charge in [0.2, 0.25) is 0 Å². The van der Waals surface area contributed by atoms with E-state index in [0.717, 1.165) is 41.5 Å². The number of phenolic OH excluding ortho intramolecular Hbond substituents is 1. The number of fused-ring (bicyclic) bond motifs is 1. The Morgan fingerprint density at radius 2 is 2.29 bits per heavy atom. The van der Waals surface area contributed by atoms with Gasteiger partial charge in [-0.2, -0.15) is 0 Å². The molecule has 0 saturated carbocycles. The fourth-order valence-corrected chi connectivity index (χ4v) is 4.89. The molecule has 0 radical (unpaired) electrons. The van der Waals surface area contributed by atoms with Crippen LogP contribution in [0.1, 0.15) is 24.0 Å². The molecule has 5 heteroatoms. The highest BCUT2D eigenvalue weighted by Gasteiger charge is 2.54. The van der Waals surface area contributed by atoms with Gasteiger partial charge in [0.25, 0.3) is 0 Å². The highest BCUT2D eigenvalue weighted by molar-refractivity contribution is 9.10. The highest BCUT2D eigenvalue weighted by Crippen LogP contribution is 2.56. The van der Waals surface area contributed by atoms with E-state index in [1.807, 2.05) is 12.1 Å². The summed E-state index contributed by atoms with van der Waals surface area (Å²) in [7, 11) is 1.58. The number of benzene rings is 1. The fraction of sp³-hybridized carbons (Fsp3) is 0.500. The minimum atomic E-state index is -0.388. The van der Waals surface area contributed by atoms with Gasteiger partial charge in [0.05, 0.1) is 13.2 Å². The molecule has 1 saturated heterocycles. The number of aliphatic hydroxyl groups is 1. The van der Waals surface area contributed by atoms with Crippen LogP contribution < -0.4 is 4.74 Å². The number of nitrogens with zero attached hydrogens (tertiary/aromatic N) is 1. The molecule has 1 aliphatic carbocycles. The van der Waals surface area contributed by atoms with Crippen LogP contribution in [0.5, 0.6) is 11.5 Å². The van der Waals surface area contributed by atoms with Gasteiger partial charge in [0.1, 0.15) is 0 Å². The molecule has 112 valence electrons. The van der Waals surface area contributed by atoms with E-state index in [1.165, 1.54) is 0 Å². The van der Waals surface area contributed by atoms with Crippen molar-refractivity contribution in [3.05, 3.63) is 33.8 Å². The van der Waals surface area contributed by atoms with Gasteiger partial charge >= 0.3 is 0 Å². The van der Waals surface area contributed by atoms with E-state index in [9.17, 15) is 10.2 Å². The third-order valence-electron chi connectivity index (χ3n) is 5.29. The fourth-order valence-electron chi connectivity index (χ4n) is 4.36. The Labute approximate surface area is 132 Å². The van der Waals surface area contributed by atoms with Gasteiger partial charge < -0.3 is 14.9 Å². The molecule has 4 nitrogen and oxygen atoms in total. The Balaban J connectivity index is 2.00. The summed E-state index contributed by atoms with van der Waals surface area (Å²) in [5.74, 6) is 0.761. The standard InChI is InChI=1S/C16H18BrNO3/c1-21-12-7-11(17)10-8-18-5-4-16(14(10)15(12)20)3-2-9(19)6-13(16)18/h2-3,7,9,13,19-20H,4-6,8H2,1H3/t9-,13-,16+/m1/s1.